The molecule has 0 saturated heterocycles. The molecule has 0 spiro atoms. The van der Waals surface area contributed by atoms with Crippen molar-refractivity contribution in [2.24, 2.45) is 0 Å². The average Bonchev–Trinajstić information content (AvgIpc) is 3.45. The molecule has 0 fully saturated rings. The van der Waals surface area contributed by atoms with Crippen LogP contribution in [0.3, 0.4) is 0 Å². The lowest BCUT2D eigenvalue weighted by molar-refractivity contribution is 0.486. The molecule has 0 unspecified atom stereocenters. The SMILES string of the molecule is c1ccc(-c2ccc(N3c4ccc(-c5ccccc5)cc4B4c5ccc(N(c6ccccc6)c6ccccc6)cc5Oc5cc(C(c6ccccc6)(c6ccccc6)c6ccccc6)cc3c54)cc2)cc1. The molecule has 11 aromatic carbocycles. The monoisotopic (exact) mass is 906 g/mol. The third kappa shape index (κ3) is 7.23. The van der Waals surface area contributed by atoms with Crippen LogP contribution in [0.4, 0.5) is 34.1 Å². The molecule has 4 heteroatoms. The lowest BCUT2D eigenvalue weighted by atomic mass is 9.34. The van der Waals surface area contributed by atoms with Gasteiger partial charge in [-0.05, 0) is 122 Å². The molecule has 334 valence electrons. The van der Waals surface area contributed by atoms with E-state index in [-0.39, 0.29) is 6.71 Å². The van der Waals surface area contributed by atoms with Gasteiger partial charge in [-0.3, -0.25) is 0 Å². The fourth-order valence-corrected chi connectivity index (χ4v) is 11.3. The van der Waals surface area contributed by atoms with Crippen molar-refractivity contribution in [1.29, 1.82) is 0 Å². The molecular weight excluding hydrogens is 860 g/mol. The lowest BCUT2D eigenvalue weighted by Gasteiger charge is -2.43. The summed E-state index contributed by atoms with van der Waals surface area (Å²) in [5.41, 5.74) is 18.5. The fraction of sp³-hybridized carbons (Fsp3) is 0.0149. The van der Waals surface area contributed by atoms with E-state index in [2.05, 4.69) is 295 Å². The summed E-state index contributed by atoms with van der Waals surface area (Å²) < 4.78 is 7.57. The molecule has 0 atom stereocenters. The number of anilines is 6. The summed E-state index contributed by atoms with van der Waals surface area (Å²) in [4.78, 5) is 4.80. The Kier molecular flexibility index (Phi) is 10.5. The van der Waals surface area contributed by atoms with Crippen LogP contribution in [0, 0.1) is 0 Å². The van der Waals surface area contributed by atoms with Crippen molar-refractivity contribution in [2.75, 3.05) is 9.80 Å². The summed E-state index contributed by atoms with van der Waals surface area (Å²) in [5, 5.41) is 0. The van der Waals surface area contributed by atoms with Crippen LogP contribution in [0.25, 0.3) is 22.3 Å². The van der Waals surface area contributed by atoms with Crippen molar-refractivity contribution in [1.82, 2.24) is 0 Å². The molecular formula is C67H47BN2O. The van der Waals surface area contributed by atoms with Gasteiger partial charge in [-0.25, -0.2) is 0 Å². The molecule has 3 nitrogen and oxygen atoms in total. The van der Waals surface area contributed by atoms with E-state index < -0.39 is 5.41 Å². The van der Waals surface area contributed by atoms with E-state index in [9.17, 15) is 0 Å². The van der Waals surface area contributed by atoms with Gasteiger partial charge in [0, 0.05) is 40.2 Å². The first kappa shape index (κ1) is 42.0. The van der Waals surface area contributed by atoms with Crippen LogP contribution in [-0.2, 0) is 5.41 Å². The topological polar surface area (TPSA) is 15.7 Å². The lowest BCUT2D eigenvalue weighted by Crippen LogP contribution is -2.59. The predicted molar refractivity (Wildman–Crippen MR) is 296 cm³/mol. The van der Waals surface area contributed by atoms with Crippen molar-refractivity contribution >= 4 is 57.2 Å². The van der Waals surface area contributed by atoms with E-state index in [0.29, 0.717) is 0 Å². The second-order valence-electron chi connectivity index (χ2n) is 18.4. The predicted octanol–water partition coefficient (Wildman–Crippen LogP) is 15.3. The van der Waals surface area contributed by atoms with Crippen LogP contribution in [0.5, 0.6) is 11.5 Å². The first-order chi connectivity index (χ1) is 35.2. The van der Waals surface area contributed by atoms with Crippen LogP contribution in [0.15, 0.2) is 285 Å². The van der Waals surface area contributed by atoms with Crippen LogP contribution in [0.1, 0.15) is 22.3 Å². The molecule has 0 aliphatic carbocycles. The Morgan fingerprint density at radius 1 is 0.324 bits per heavy atom. The number of benzene rings is 11. The number of hydrogen-bond donors (Lipinski definition) is 0. The quantitative estimate of drug-likeness (QED) is 0.100. The molecule has 0 saturated carbocycles. The van der Waals surface area contributed by atoms with E-state index >= 15 is 0 Å². The van der Waals surface area contributed by atoms with Crippen molar-refractivity contribution in [3.63, 3.8) is 0 Å². The Labute approximate surface area is 416 Å². The first-order valence-electron chi connectivity index (χ1n) is 24.4. The van der Waals surface area contributed by atoms with E-state index in [1.807, 2.05) is 0 Å². The van der Waals surface area contributed by atoms with Gasteiger partial charge in [0.25, 0.3) is 6.71 Å². The standard InChI is InChI=1S/C67H47BN2O/c1-8-22-48(23-9-1)50-36-39-58(40-37-50)70-62-43-38-51(49-24-10-2-11-25-49)44-61(62)68-60-42-41-59(69(56-32-18-6-19-33-56)57-34-20-7-21-35-57)47-64(60)71-65-46-55(45-63(70)66(65)68)67(52-26-12-3-13-27-52,53-28-14-4-15-29-53)54-30-16-5-17-31-54/h1-47H. The molecule has 2 aliphatic heterocycles. The smallest absolute Gasteiger partial charge is 0.256 e. The maximum atomic E-state index is 7.57. The normalized spacial score (nSPS) is 12.3. The number of para-hydroxylation sites is 2. The van der Waals surface area contributed by atoms with Gasteiger partial charge in [0.2, 0.25) is 0 Å². The minimum Gasteiger partial charge on any atom is -0.458 e. The van der Waals surface area contributed by atoms with Gasteiger partial charge in [-0.15, -0.1) is 0 Å². The highest BCUT2D eigenvalue weighted by molar-refractivity contribution is 6.99. The molecule has 13 rings (SSSR count). The Morgan fingerprint density at radius 2 is 0.789 bits per heavy atom. The number of hydrogen-bond acceptors (Lipinski definition) is 3. The number of ether oxygens (including phenoxy) is 1. The Hall–Kier alpha value is -9.12. The van der Waals surface area contributed by atoms with E-state index in [1.165, 1.54) is 44.4 Å². The second kappa shape index (κ2) is 17.8. The van der Waals surface area contributed by atoms with Crippen molar-refractivity contribution in [2.45, 2.75) is 5.41 Å². The van der Waals surface area contributed by atoms with E-state index in [0.717, 1.165) is 62.1 Å². The zero-order valence-electron chi connectivity index (χ0n) is 39.0. The van der Waals surface area contributed by atoms with Crippen LogP contribution in [-0.4, -0.2) is 6.71 Å². The van der Waals surface area contributed by atoms with Crippen LogP contribution >= 0.6 is 0 Å². The van der Waals surface area contributed by atoms with Gasteiger partial charge in [0.1, 0.15) is 11.5 Å². The van der Waals surface area contributed by atoms with E-state index in [4.69, 9.17) is 4.74 Å². The van der Waals surface area contributed by atoms with Gasteiger partial charge >= 0.3 is 0 Å². The average molecular weight is 907 g/mol. The molecule has 0 bridgehead atoms. The minimum absolute atomic E-state index is 0.146. The molecule has 0 radical (unpaired) electrons. The summed E-state index contributed by atoms with van der Waals surface area (Å²) in [5.74, 6) is 1.67. The summed E-state index contributed by atoms with van der Waals surface area (Å²) in [6, 6.07) is 103. The zero-order valence-corrected chi connectivity index (χ0v) is 39.0. The van der Waals surface area contributed by atoms with Crippen molar-refractivity contribution in [3.8, 4) is 33.8 Å². The molecule has 0 N–H and O–H groups in total. The molecule has 2 aliphatic rings. The Bertz CT molecular complexity index is 3510. The number of rotatable bonds is 10. The van der Waals surface area contributed by atoms with Gasteiger partial charge in [0.15, 0.2) is 0 Å². The highest BCUT2D eigenvalue weighted by atomic mass is 16.5. The summed E-state index contributed by atoms with van der Waals surface area (Å²) >= 11 is 0. The molecule has 2 heterocycles. The van der Waals surface area contributed by atoms with Gasteiger partial charge in [-0.1, -0.05) is 218 Å². The summed E-state index contributed by atoms with van der Waals surface area (Å²) in [6.45, 7) is -0.146. The first-order valence-corrected chi connectivity index (χ1v) is 24.4. The van der Waals surface area contributed by atoms with Crippen LogP contribution in [0.2, 0.25) is 0 Å². The minimum atomic E-state index is -0.728. The highest BCUT2D eigenvalue weighted by Gasteiger charge is 2.46. The van der Waals surface area contributed by atoms with Crippen LogP contribution < -0.4 is 30.9 Å². The molecule has 11 aromatic rings. The summed E-state index contributed by atoms with van der Waals surface area (Å²) in [6.07, 6.45) is 0. The maximum Gasteiger partial charge on any atom is 0.256 e. The van der Waals surface area contributed by atoms with Gasteiger partial charge in [-0.2, -0.15) is 0 Å². The molecule has 0 aromatic heterocycles. The van der Waals surface area contributed by atoms with Crippen molar-refractivity contribution < 1.29 is 4.74 Å². The Balaban J connectivity index is 1.11. The summed E-state index contributed by atoms with van der Waals surface area (Å²) in [7, 11) is 0. The third-order valence-corrected chi connectivity index (χ3v) is 14.4. The molecule has 0 amide bonds. The molecule has 71 heavy (non-hydrogen) atoms. The third-order valence-electron chi connectivity index (χ3n) is 14.4. The Morgan fingerprint density at radius 3 is 1.32 bits per heavy atom. The van der Waals surface area contributed by atoms with Gasteiger partial charge < -0.3 is 14.5 Å². The zero-order chi connectivity index (χ0) is 47.1. The number of nitrogens with zero attached hydrogens (tertiary/aromatic N) is 2. The van der Waals surface area contributed by atoms with Crippen molar-refractivity contribution in [3.05, 3.63) is 307 Å². The van der Waals surface area contributed by atoms with E-state index in [1.54, 1.807) is 0 Å². The highest BCUT2D eigenvalue weighted by Crippen LogP contribution is 2.50. The largest absolute Gasteiger partial charge is 0.458 e. The number of fused-ring (bicyclic) bond motifs is 4. The second-order valence-corrected chi connectivity index (χ2v) is 18.4. The maximum absolute atomic E-state index is 7.57. The fourth-order valence-electron chi connectivity index (χ4n) is 11.3. The van der Waals surface area contributed by atoms with Gasteiger partial charge in [0.05, 0.1) is 5.41 Å².